The molecular weight excluding hydrogens is 328 g/mol. The smallest absolute Gasteiger partial charge is 0.252 e. The SMILES string of the molecule is CN(C)CCCNC(=O)c1cncc(C(=O)NCCC2=CCCCC2)c1. The number of aromatic nitrogens is 1. The molecule has 0 unspecified atom stereocenters. The molecule has 1 aromatic heterocycles. The molecule has 1 aliphatic carbocycles. The first kappa shape index (κ1) is 20.1. The second-order valence-corrected chi connectivity index (χ2v) is 6.99. The average molecular weight is 358 g/mol. The summed E-state index contributed by atoms with van der Waals surface area (Å²) in [6.45, 7) is 2.13. The molecule has 6 nitrogen and oxygen atoms in total. The molecule has 0 saturated carbocycles. The number of carbonyl (C=O) groups excluding carboxylic acids is 2. The van der Waals surface area contributed by atoms with Gasteiger partial charge in [0.2, 0.25) is 0 Å². The normalized spacial score (nSPS) is 14.0. The van der Waals surface area contributed by atoms with Gasteiger partial charge in [-0.1, -0.05) is 11.6 Å². The summed E-state index contributed by atoms with van der Waals surface area (Å²) in [5.41, 5.74) is 2.27. The number of rotatable bonds is 9. The fourth-order valence-electron chi connectivity index (χ4n) is 2.96. The second-order valence-electron chi connectivity index (χ2n) is 6.99. The molecule has 0 bridgehead atoms. The van der Waals surface area contributed by atoms with Gasteiger partial charge in [0.1, 0.15) is 0 Å². The molecule has 0 fully saturated rings. The summed E-state index contributed by atoms with van der Waals surface area (Å²) in [6.07, 6.45) is 11.9. The van der Waals surface area contributed by atoms with E-state index in [0.717, 1.165) is 32.2 Å². The Hall–Kier alpha value is -2.21. The summed E-state index contributed by atoms with van der Waals surface area (Å²) in [7, 11) is 4.00. The lowest BCUT2D eigenvalue weighted by Gasteiger charge is -2.13. The maximum atomic E-state index is 12.3. The number of hydrogen-bond donors (Lipinski definition) is 2. The van der Waals surface area contributed by atoms with Crippen LogP contribution in [0.25, 0.3) is 0 Å². The van der Waals surface area contributed by atoms with E-state index in [9.17, 15) is 9.59 Å². The van der Waals surface area contributed by atoms with Crippen molar-refractivity contribution in [3.8, 4) is 0 Å². The van der Waals surface area contributed by atoms with Gasteiger partial charge < -0.3 is 15.5 Å². The van der Waals surface area contributed by atoms with Crippen LogP contribution in [0.15, 0.2) is 30.1 Å². The number of pyridine rings is 1. The first-order valence-corrected chi connectivity index (χ1v) is 9.40. The lowest BCUT2D eigenvalue weighted by atomic mass is 9.97. The Balaban J connectivity index is 1.80. The molecule has 2 N–H and O–H groups in total. The monoisotopic (exact) mass is 358 g/mol. The Labute approximate surface area is 156 Å². The number of allylic oxidation sites excluding steroid dienone is 1. The van der Waals surface area contributed by atoms with Crippen molar-refractivity contribution in [1.82, 2.24) is 20.5 Å². The van der Waals surface area contributed by atoms with Crippen molar-refractivity contribution in [3.05, 3.63) is 41.2 Å². The van der Waals surface area contributed by atoms with Gasteiger partial charge in [-0.05, 0) is 65.2 Å². The van der Waals surface area contributed by atoms with E-state index in [1.807, 2.05) is 14.1 Å². The van der Waals surface area contributed by atoms with Crippen LogP contribution in [0.5, 0.6) is 0 Å². The van der Waals surface area contributed by atoms with Crippen LogP contribution in [0.3, 0.4) is 0 Å². The zero-order valence-electron chi connectivity index (χ0n) is 15.9. The Kier molecular flexibility index (Phi) is 8.28. The van der Waals surface area contributed by atoms with E-state index in [1.165, 1.54) is 30.8 Å². The molecule has 0 radical (unpaired) electrons. The van der Waals surface area contributed by atoms with Gasteiger partial charge in [0.15, 0.2) is 0 Å². The average Bonchev–Trinajstić information content (AvgIpc) is 2.66. The van der Waals surface area contributed by atoms with Crippen LogP contribution in [0.2, 0.25) is 0 Å². The van der Waals surface area contributed by atoms with E-state index in [-0.39, 0.29) is 11.8 Å². The summed E-state index contributed by atoms with van der Waals surface area (Å²) >= 11 is 0. The predicted molar refractivity (Wildman–Crippen MR) is 103 cm³/mol. The van der Waals surface area contributed by atoms with Gasteiger partial charge in [-0.2, -0.15) is 0 Å². The predicted octanol–water partition coefficient (Wildman–Crippen LogP) is 2.38. The molecule has 6 heteroatoms. The Morgan fingerprint density at radius 1 is 1.08 bits per heavy atom. The fraction of sp³-hybridized carbons (Fsp3) is 0.550. The summed E-state index contributed by atoms with van der Waals surface area (Å²) in [6, 6.07) is 1.60. The zero-order chi connectivity index (χ0) is 18.8. The maximum Gasteiger partial charge on any atom is 0.252 e. The number of nitrogens with one attached hydrogen (secondary N) is 2. The topological polar surface area (TPSA) is 74.3 Å². The van der Waals surface area contributed by atoms with Crippen molar-refractivity contribution >= 4 is 11.8 Å². The van der Waals surface area contributed by atoms with E-state index in [0.29, 0.717) is 24.2 Å². The molecule has 26 heavy (non-hydrogen) atoms. The van der Waals surface area contributed by atoms with Gasteiger partial charge >= 0.3 is 0 Å². The molecular formula is C20H30N4O2. The van der Waals surface area contributed by atoms with Gasteiger partial charge in [0.05, 0.1) is 11.1 Å². The van der Waals surface area contributed by atoms with Crippen LogP contribution in [-0.4, -0.2) is 55.4 Å². The van der Waals surface area contributed by atoms with Crippen LogP contribution in [0.4, 0.5) is 0 Å². The minimum atomic E-state index is -0.196. The number of nitrogens with zero attached hydrogens (tertiary/aromatic N) is 2. The molecule has 0 aromatic carbocycles. The van der Waals surface area contributed by atoms with Crippen molar-refractivity contribution in [3.63, 3.8) is 0 Å². The fourth-order valence-corrected chi connectivity index (χ4v) is 2.96. The highest BCUT2D eigenvalue weighted by Gasteiger charge is 2.11. The van der Waals surface area contributed by atoms with Crippen LogP contribution in [0.1, 0.15) is 59.2 Å². The minimum Gasteiger partial charge on any atom is -0.352 e. The molecule has 0 atom stereocenters. The summed E-state index contributed by atoms with van der Waals surface area (Å²) in [4.78, 5) is 30.6. The Bertz CT molecular complexity index is 640. The van der Waals surface area contributed by atoms with Gasteiger partial charge in [-0.15, -0.1) is 0 Å². The minimum absolute atomic E-state index is 0.184. The van der Waals surface area contributed by atoms with Gasteiger partial charge in [0.25, 0.3) is 11.8 Å². The summed E-state index contributed by atoms with van der Waals surface area (Å²) in [5.74, 6) is -0.380. The van der Waals surface area contributed by atoms with Crippen LogP contribution >= 0.6 is 0 Å². The van der Waals surface area contributed by atoms with E-state index in [4.69, 9.17) is 0 Å². The van der Waals surface area contributed by atoms with E-state index >= 15 is 0 Å². The van der Waals surface area contributed by atoms with E-state index < -0.39 is 0 Å². The van der Waals surface area contributed by atoms with Crippen molar-refractivity contribution in [1.29, 1.82) is 0 Å². The van der Waals surface area contributed by atoms with Crippen LogP contribution in [0, 0.1) is 0 Å². The van der Waals surface area contributed by atoms with Crippen LogP contribution < -0.4 is 10.6 Å². The van der Waals surface area contributed by atoms with E-state index in [2.05, 4.69) is 26.6 Å². The first-order chi connectivity index (χ1) is 12.6. The lowest BCUT2D eigenvalue weighted by molar-refractivity contribution is 0.0952. The molecule has 1 aliphatic rings. The highest BCUT2D eigenvalue weighted by Crippen LogP contribution is 2.19. The molecule has 2 amide bonds. The second kappa shape index (κ2) is 10.7. The molecule has 0 saturated heterocycles. The van der Waals surface area contributed by atoms with Gasteiger partial charge in [-0.25, -0.2) is 0 Å². The largest absolute Gasteiger partial charge is 0.352 e. The number of amides is 2. The third-order valence-corrected chi connectivity index (χ3v) is 4.45. The maximum absolute atomic E-state index is 12.3. The summed E-state index contributed by atoms with van der Waals surface area (Å²) < 4.78 is 0. The van der Waals surface area contributed by atoms with Crippen LogP contribution in [-0.2, 0) is 0 Å². The van der Waals surface area contributed by atoms with Crippen molar-refractivity contribution in [2.24, 2.45) is 0 Å². The Morgan fingerprint density at radius 3 is 2.38 bits per heavy atom. The molecule has 0 aliphatic heterocycles. The van der Waals surface area contributed by atoms with E-state index in [1.54, 1.807) is 6.07 Å². The molecule has 2 rings (SSSR count). The number of hydrogen-bond acceptors (Lipinski definition) is 4. The standard InChI is InChI=1S/C20H30N4O2/c1-24(2)12-6-10-22-19(25)17-13-18(15-21-14-17)20(26)23-11-9-16-7-4-3-5-8-16/h7,13-15H,3-6,8-12H2,1-2H3,(H,22,25)(H,23,26). The van der Waals surface area contributed by atoms with Crippen molar-refractivity contribution < 1.29 is 9.59 Å². The molecule has 1 heterocycles. The first-order valence-electron chi connectivity index (χ1n) is 9.40. The highest BCUT2D eigenvalue weighted by atomic mass is 16.2. The van der Waals surface area contributed by atoms with Crippen molar-refractivity contribution in [2.75, 3.05) is 33.7 Å². The molecule has 142 valence electrons. The molecule has 1 aromatic rings. The molecule has 0 spiro atoms. The quantitative estimate of drug-likeness (QED) is 0.525. The third-order valence-electron chi connectivity index (χ3n) is 4.45. The Morgan fingerprint density at radius 2 is 1.77 bits per heavy atom. The highest BCUT2D eigenvalue weighted by molar-refractivity contribution is 5.99. The summed E-state index contributed by atoms with van der Waals surface area (Å²) in [5, 5.41) is 5.78. The number of carbonyl (C=O) groups is 2. The van der Waals surface area contributed by atoms with Crippen molar-refractivity contribution in [2.45, 2.75) is 38.5 Å². The van der Waals surface area contributed by atoms with Gasteiger partial charge in [0, 0.05) is 25.5 Å². The third kappa shape index (κ3) is 6.96. The van der Waals surface area contributed by atoms with Gasteiger partial charge in [-0.3, -0.25) is 14.6 Å². The zero-order valence-corrected chi connectivity index (χ0v) is 15.9. The lowest BCUT2D eigenvalue weighted by Crippen LogP contribution is -2.28.